The van der Waals surface area contributed by atoms with Gasteiger partial charge in [-0.2, -0.15) is 0 Å². The van der Waals surface area contributed by atoms with E-state index in [0.29, 0.717) is 18.8 Å². The standard InChI is InChI=1S/C33H33BrN2O3/c1-36(2)17-16-33(37,26-12-10-24-20-28(38-3)14-11-23(24)18-26)31(22-8-6-5-7-9-22)29-21-25-19-27(34)13-15-30(25)35-32(29)39-4/h5-15,18-21,31,37H,16-17H2,1-4H3. The summed E-state index contributed by atoms with van der Waals surface area (Å²) in [6.45, 7) is 0.690. The summed E-state index contributed by atoms with van der Waals surface area (Å²) in [6, 6.07) is 30.5. The maximum Gasteiger partial charge on any atom is 0.217 e. The molecule has 200 valence electrons. The zero-order chi connectivity index (χ0) is 27.6. The van der Waals surface area contributed by atoms with Gasteiger partial charge in [0.2, 0.25) is 5.88 Å². The molecule has 0 aliphatic heterocycles. The summed E-state index contributed by atoms with van der Waals surface area (Å²) in [4.78, 5) is 6.98. The number of aliphatic hydroxyl groups is 1. The van der Waals surface area contributed by atoms with Gasteiger partial charge in [0.15, 0.2) is 0 Å². The van der Waals surface area contributed by atoms with Gasteiger partial charge < -0.3 is 19.5 Å². The molecule has 1 N–H and O–H groups in total. The van der Waals surface area contributed by atoms with E-state index in [1.54, 1.807) is 14.2 Å². The maximum atomic E-state index is 13.0. The Morgan fingerprint density at radius 3 is 2.31 bits per heavy atom. The van der Waals surface area contributed by atoms with E-state index in [2.05, 4.69) is 57.2 Å². The molecule has 5 aromatic rings. The first-order chi connectivity index (χ1) is 18.8. The lowest BCUT2D eigenvalue weighted by Crippen LogP contribution is -2.37. The smallest absolute Gasteiger partial charge is 0.217 e. The van der Waals surface area contributed by atoms with E-state index in [-0.39, 0.29) is 0 Å². The Balaban J connectivity index is 1.78. The van der Waals surface area contributed by atoms with E-state index in [9.17, 15) is 5.11 Å². The van der Waals surface area contributed by atoms with Crippen LogP contribution in [-0.2, 0) is 5.60 Å². The number of hydrogen-bond donors (Lipinski definition) is 1. The summed E-state index contributed by atoms with van der Waals surface area (Å²) in [5, 5.41) is 16.0. The van der Waals surface area contributed by atoms with E-state index in [4.69, 9.17) is 14.5 Å². The number of ether oxygens (including phenoxy) is 2. The second-order valence-corrected chi connectivity index (χ2v) is 11.1. The van der Waals surface area contributed by atoms with E-state index in [0.717, 1.165) is 48.6 Å². The maximum absolute atomic E-state index is 13.0. The topological polar surface area (TPSA) is 54.8 Å². The van der Waals surface area contributed by atoms with Gasteiger partial charge in [0.1, 0.15) is 11.4 Å². The van der Waals surface area contributed by atoms with Crippen LogP contribution in [0.4, 0.5) is 0 Å². The highest BCUT2D eigenvalue weighted by Gasteiger charge is 2.42. The number of nitrogens with zero attached hydrogens (tertiary/aromatic N) is 2. The van der Waals surface area contributed by atoms with Crippen LogP contribution in [-0.4, -0.2) is 49.9 Å². The van der Waals surface area contributed by atoms with Crippen molar-refractivity contribution in [2.24, 2.45) is 0 Å². The van der Waals surface area contributed by atoms with Crippen LogP contribution >= 0.6 is 15.9 Å². The van der Waals surface area contributed by atoms with E-state index in [1.807, 2.05) is 68.7 Å². The molecule has 2 atom stereocenters. The molecule has 4 aromatic carbocycles. The van der Waals surface area contributed by atoms with Gasteiger partial charge >= 0.3 is 0 Å². The van der Waals surface area contributed by atoms with Crippen molar-refractivity contribution in [3.63, 3.8) is 0 Å². The number of rotatable bonds is 9. The van der Waals surface area contributed by atoms with Gasteiger partial charge in [0.05, 0.1) is 19.7 Å². The van der Waals surface area contributed by atoms with Crippen LogP contribution in [0.25, 0.3) is 21.7 Å². The van der Waals surface area contributed by atoms with Crippen LogP contribution in [0.2, 0.25) is 0 Å². The minimum atomic E-state index is -1.27. The minimum Gasteiger partial charge on any atom is -0.497 e. The van der Waals surface area contributed by atoms with Gasteiger partial charge in [-0.15, -0.1) is 0 Å². The second-order valence-electron chi connectivity index (χ2n) is 10.2. The number of fused-ring (bicyclic) bond motifs is 2. The molecule has 0 aliphatic carbocycles. The van der Waals surface area contributed by atoms with Gasteiger partial charge in [-0.3, -0.25) is 0 Å². The molecule has 39 heavy (non-hydrogen) atoms. The van der Waals surface area contributed by atoms with E-state index in [1.165, 1.54) is 0 Å². The summed E-state index contributed by atoms with van der Waals surface area (Å²) in [6.07, 6.45) is 0.501. The van der Waals surface area contributed by atoms with Gasteiger partial charge in [-0.05, 0) is 84.9 Å². The molecule has 0 spiro atoms. The Morgan fingerprint density at radius 1 is 0.846 bits per heavy atom. The second kappa shape index (κ2) is 11.3. The normalized spacial score (nSPS) is 13.9. The molecule has 2 unspecified atom stereocenters. The molecule has 0 saturated heterocycles. The van der Waals surface area contributed by atoms with Gasteiger partial charge in [0, 0.05) is 27.9 Å². The van der Waals surface area contributed by atoms with Crippen molar-refractivity contribution in [2.45, 2.75) is 17.9 Å². The first-order valence-electron chi connectivity index (χ1n) is 13.0. The molecular weight excluding hydrogens is 552 g/mol. The van der Waals surface area contributed by atoms with Gasteiger partial charge in [-0.25, -0.2) is 4.98 Å². The van der Waals surface area contributed by atoms with Gasteiger partial charge in [0.25, 0.3) is 0 Å². The molecule has 0 aliphatic rings. The van der Waals surface area contributed by atoms with Crippen LogP contribution in [0.1, 0.15) is 29.0 Å². The Morgan fingerprint density at radius 2 is 1.59 bits per heavy atom. The summed E-state index contributed by atoms with van der Waals surface area (Å²) < 4.78 is 12.3. The van der Waals surface area contributed by atoms with Crippen molar-refractivity contribution in [1.29, 1.82) is 0 Å². The SMILES string of the molecule is COc1ccc2cc(C(O)(CCN(C)C)C(c3ccccc3)c3cc4cc(Br)ccc4nc3OC)ccc2c1. The third kappa shape index (κ3) is 5.50. The van der Waals surface area contributed by atoms with Crippen LogP contribution in [0.5, 0.6) is 11.6 Å². The lowest BCUT2D eigenvalue weighted by Gasteiger charge is -2.39. The lowest BCUT2D eigenvalue weighted by molar-refractivity contribution is 0.00392. The van der Waals surface area contributed by atoms with E-state index < -0.39 is 11.5 Å². The highest BCUT2D eigenvalue weighted by molar-refractivity contribution is 9.10. The fourth-order valence-corrected chi connectivity index (χ4v) is 5.72. The molecule has 0 saturated carbocycles. The zero-order valence-electron chi connectivity index (χ0n) is 22.7. The summed E-state index contributed by atoms with van der Waals surface area (Å²) >= 11 is 3.60. The Labute approximate surface area is 238 Å². The average Bonchev–Trinajstić information content (AvgIpc) is 2.95. The van der Waals surface area contributed by atoms with Crippen LogP contribution < -0.4 is 9.47 Å². The number of methoxy groups -OCH3 is 2. The van der Waals surface area contributed by atoms with Crippen LogP contribution in [0.15, 0.2) is 95.5 Å². The molecule has 0 fully saturated rings. The van der Waals surface area contributed by atoms with Crippen LogP contribution in [0.3, 0.4) is 0 Å². The van der Waals surface area contributed by atoms with Gasteiger partial charge in [-0.1, -0.05) is 64.5 Å². The monoisotopic (exact) mass is 584 g/mol. The molecule has 1 aromatic heterocycles. The lowest BCUT2D eigenvalue weighted by atomic mass is 9.71. The summed E-state index contributed by atoms with van der Waals surface area (Å²) in [5.74, 6) is 0.867. The molecule has 0 bridgehead atoms. The van der Waals surface area contributed by atoms with Crippen molar-refractivity contribution in [2.75, 3.05) is 34.9 Å². The number of pyridine rings is 1. The number of aromatic nitrogens is 1. The number of benzene rings is 4. The molecule has 6 heteroatoms. The fraction of sp³-hybridized carbons (Fsp3) is 0.242. The Kier molecular flexibility index (Phi) is 7.89. The largest absolute Gasteiger partial charge is 0.497 e. The number of halogens is 1. The molecule has 5 nitrogen and oxygen atoms in total. The predicted octanol–water partition coefficient (Wildman–Crippen LogP) is 7.14. The van der Waals surface area contributed by atoms with E-state index >= 15 is 0 Å². The summed E-state index contributed by atoms with van der Waals surface area (Å²) in [5.41, 5.74) is 2.23. The molecular formula is C33H33BrN2O3. The van der Waals surface area contributed by atoms with Crippen LogP contribution in [0, 0.1) is 0 Å². The predicted molar refractivity (Wildman–Crippen MR) is 162 cm³/mol. The minimum absolute atomic E-state index is 0.444. The third-order valence-electron chi connectivity index (χ3n) is 7.37. The van der Waals surface area contributed by atoms with Crippen molar-refractivity contribution in [3.05, 3.63) is 112 Å². The van der Waals surface area contributed by atoms with Crippen molar-refractivity contribution in [1.82, 2.24) is 9.88 Å². The Bertz CT molecular complexity index is 1610. The summed E-state index contributed by atoms with van der Waals surface area (Å²) in [7, 11) is 7.37. The first-order valence-corrected chi connectivity index (χ1v) is 13.8. The van der Waals surface area contributed by atoms with Crippen molar-refractivity contribution in [3.8, 4) is 11.6 Å². The fourth-order valence-electron chi connectivity index (χ4n) is 5.34. The van der Waals surface area contributed by atoms with Crippen molar-refractivity contribution < 1.29 is 14.6 Å². The molecule has 1 heterocycles. The number of hydrogen-bond acceptors (Lipinski definition) is 5. The highest BCUT2D eigenvalue weighted by Crippen LogP contribution is 2.48. The quantitative estimate of drug-likeness (QED) is 0.199. The molecule has 0 amide bonds. The molecule has 5 rings (SSSR count). The average molecular weight is 586 g/mol. The molecule has 0 radical (unpaired) electrons. The van der Waals surface area contributed by atoms with Crippen molar-refractivity contribution >= 4 is 37.6 Å². The first kappa shape index (κ1) is 27.1. The third-order valence-corrected chi connectivity index (χ3v) is 7.87. The Hall–Kier alpha value is -3.45. The zero-order valence-corrected chi connectivity index (χ0v) is 24.3. The highest BCUT2D eigenvalue weighted by atomic mass is 79.9.